The van der Waals surface area contributed by atoms with Crippen LogP contribution in [-0.4, -0.2) is 44.2 Å². The molecule has 0 saturated heterocycles. The van der Waals surface area contributed by atoms with Crippen molar-refractivity contribution >= 4 is 0 Å². The first-order valence-electron chi connectivity index (χ1n) is 26.1. The fourth-order valence-electron chi connectivity index (χ4n) is 9.19. The van der Waals surface area contributed by atoms with Crippen molar-refractivity contribution in [3.8, 4) is 23.0 Å². The standard InChI is InChI=1S/C63H87NO5/c1-16-24-66-56-43-27-45-33-52(61(7,8)9)35-47(57(45)67-25-17-2)29-49-37-54(63(13,14)15)38-50(59(49)69-41-55(65)40-64-39-42-22-20-19-21-23-42)30-48-36-53(62(10,11)12)34-46(58(48)68-26-18-3)28-44(56)32-51(31-43)60(4,5)6/h19-23,31-38,55,64-65H,16-18,24-30,39-41H2,1-15H3/t55-/m1/s1. The van der Waals surface area contributed by atoms with E-state index in [1.165, 1.54) is 38.9 Å². The molecule has 69 heavy (non-hydrogen) atoms. The van der Waals surface area contributed by atoms with Crippen molar-refractivity contribution in [2.24, 2.45) is 0 Å². The summed E-state index contributed by atoms with van der Waals surface area (Å²) >= 11 is 0. The van der Waals surface area contributed by atoms with E-state index in [9.17, 15) is 5.11 Å². The van der Waals surface area contributed by atoms with Gasteiger partial charge in [0, 0.05) is 38.8 Å². The van der Waals surface area contributed by atoms with Crippen LogP contribution in [0.5, 0.6) is 23.0 Å². The molecular weight excluding hydrogens is 851 g/mol. The molecule has 6 heteroatoms. The molecular formula is C63H87NO5. The Morgan fingerprint density at radius 3 is 0.971 bits per heavy atom. The third-order valence-electron chi connectivity index (χ3n) is 13.3. The zero-order valence-corrected chi connectivity index (χ0v) is 45.4. The van der Waals surface area contributed by atoms with E-state index in [0.717, 1.165) is 75.6 Å². The Labute approximate surface area is 417 Å². The molecule has 1 aliphatic rings. The molecule has 2 N–H and O–H groups in total. The highest BCUT2D eigenvalue weighted by atomic mass is 16.5. The van der Waals surface area contributed by atoms with E-state index in [-0.39, 0.29) is 28.3 Å². The molecule has 0 aliphatic heterocycles. The molecule has 1 aliphatic carbocycles. The lowest BCUT2D eigenvalue weighted by atomic mass is 9.79. The number of fused-ring (bicyclic) bond motifs is 8. The molecule has 0 heterocycles. The van der Waals surface area contributed by atoms with Crippen LogP contribution in [0, 0.1) is 0 Å². The second kappa shape index (κ2) is 22.5. The van der Waals surface area contributed by atoms with E-state index in [0.29, 0.717) is 58.6 Å². The Hall–Kier alpha value is -4.78. The first-order valence-corrected chi connectivity index (χ1v) is 26.1. The second-order valence-corrected chi connectivity index (χ2v) is 23.8. The second-order valence-electron chi connectivity index (χ2n) is 23.8. The summed E-state index contributed by atoms with van der Waals surface area (Å²) in [6.45, 7) is 37.3. The van der Waals surface area contributed by atoms with Crippen LogP contribution in [0.4, 0.5) is 0 Å². The van der Waals surface area contributed by atoms with Crippen LogP contribution in [0.2, 0.25) is 0 Å². The van der Waals surface area contributed by atoms with E-state index in [2.05, 4.69) is 170 Å². The number of ether oxygens (including phenoxy) is 4. The Morgan fingerprint density at radius 1 is 0.435 bits per heavy atom. The van der Waals surface area contributed by atoms with Crippen LogP contribution in [0.15, 0.2) is 78.9 Å². The van der Waals surface area contributed by atoms with E-state index in [1.807, 2.05) is 18.2 Å². The summed E-state index contributed by atoms with van der Waals surface area (Å²) in [6.07, 6.45) is 4.42. The van der Waals surface area contributed by atoms with Gasteiger partial charge in [-0.2, -0.15) is 0 Å². The van der Waals surface area contributed by atoms with Gasteiger partial charge in [0.25, 0.3) is 0 Å². The molecule has 374 valence electrons. The molecule has 5 aromatic carbocycles. The highest BCUT2D eigenvalue weighted by molar-refractivity contribution is 5.60. The summed E-state index contributed by atoms with van der Waals surface area (Å²) in [6, 6.07) is 29.4. The van der Waals surface area contributed by atoms with Gasteiger partial charge in [-0.3, -0.25) is 0 Å². The van der Waals surface area contributed by atoms with Crippen molar-refractivity contribution in [2.75, 3.05) is 33.0 Å². The summed E-state index contributed by atoms with van der Waals surface area (Å²) in [5.74, 6) is 3.67. The summed E-state index contributed by atoms with van der Waals surface area (Å²) in [7, 11) is 0. The van der Waals surface area contributed by atoms with E-state index >= 15 is 0 Å². The van der Waals surface area contributed by atoms with Crippen molar-refractivity contribution in [2.45, 2.75) is 183 Å². The molecule has 6 rings (SSSR count). The third kappa shape index (κ3) is 14.0. The smallest absolute Gasteiger partial charge is 0.126 e. The molecule has 6 nitrogen and oxygen atoms in total. The van der Waals surface area contributed by atoms with Gasteiger partial charge in [-0.25, -0.2) is 0 Å². The Bertz CT molecular complexity index is 2370. The van der Waals surface area contributed by atoms with E-state index in [1.54, 1.807) is 0 Å². The summed E-state index contributed by atoms with van der Waals surface area (Å²) in [4.78, 5) is 0. The molecule has 0 spiro atoms. The number of rotatable bonds is 16. The van der Waals surface area contributed by atoms with Gasteiger partial charge in [-0.15, -0.1) is 0 Å². The van der Waals surface area contributed by atoms with Crippen molar-refractivity contribution in [3.05, 3.63) is 151 Å². The van der Waals surface area contributed by atoms with Crippen molar-refractivity contribution in [1.29, 1.82) is 0 Å². The van der Waals surface area contributed by atoms with Crippen molar-refractivity contribution < 1.29 is 24.1 Å². The van der Waals surface area contributed by atoms with Crippen LogP contribution in [0.3, 0.4) is 0 Å². The lowest BCUT2D eigenvalue weighted by Gasteiger charge is -2.29. The molecule has 5 aromatic rings. The highest BCUT2D eigenvalue weighted by Gasteiger charge is 2.29. The normalized spacial score (nSPS) is 13.8. The summed E-state index contributed by atoms with van der Waals surface area (Å²) in [5, 5.41) is 15.1. The number of hydrogen-bond donors (Lipinski definition) is 2. The number of aliphatic hydroxyl groups is 1. The minimum Gasteiger partial charge on any atom is -0.493 e. The molecule has 0 aromatic heterocycles. The predicted octanol–water partition coefficient (Wildman–Crippen LogP) is 14.4. The van der Waals surface area contributed by atoms with Gasteiger partial charge in [0.15, 0.2) is 0 Å². The van der Waals surface area contributed by atoms with Gasteiger partial charge in [0.2, 0.25) is 0 Å². The first-order chi connectivity index (χ1) is 32.5. The van der Waals surface area contributed by atoms with E-state index in [4.69, 9.17) is 18.9 Å². The lowest BCUT2D eigenvalue weighted by Crippen LogP contribution is -2.31. The minimum atomic E-state index is -0.732. The Morgan fingerprint density at radius 2 is 0.710 bits per heavy atom. The largest absolute Gasteiger partial charge is 0.493 e. The maximum Gasteiger partial charge on any atom is 0.126 e. The number of aliphatic hydroxyl groups excluding tert-OH is 1. The summed E-state index contributed by atoms with van der Waals surface area (Å²) < 4.78 is 28.0. The number of hydrogen-bond acceptors (Lipinski definition) is 6. The Kier molecular flexibility index (Phi) is 17.5. The molecule has 0 unspecified atom stereocenters. The van der Waals surface area contributed by atoms with Crippen LogP contribution in [0.25, 0.3) is 0 Å². The number of nitrogens with one attached hydrogen (secondary N) is 1. The lowest BCUT2D eigenvalue weighted by molar-refractivity contribution is 0.105. The molecule has 8 bridgehead atoms. The predicted molar refractivity (Wildman–Crippen MR) is 289 cm³/mol. The quantitative estimate of drug-likeness (QED) is 0.101. The van der Waals surface area contributed by atoms with Crippen molar-refractivity contribution in [3.63, 3.8) is 0 Å². The van der Waals surface area contributed by atoms with Crippen LogP contribution < -0.4 is 24.3 Å². The maximum absolute atomic E-state index is 11.6. The van der Waals surface area contributed by atoms with Gasteiger partial charge in [0.05, 0.1) is 19.8 Å². The monoisotopic (exact) mass is 938 g/mol. The van der Waals surface area contributed by atoms with Crippen LogP contribution in [0.1, 0.15) is 195 Å². The highest BCUT2D eigenvalue weighted by Crippen LogP contribution is 2.44. The fraction of sp³-hybridized carbons (Fsp3) is 0.524. The van der Waals surface area contributed by atoms with Gasteiger partial charge in [-0.1, -0.05) is 183 Å². The zero-order chi connectivity index (χ0) is 50.3. The zero-order valence-electron chi connectivity index (χ0n) is 45.4. The Balaban J connectivity index is 1.69. The SMILES string of the molecule is CCCOc1c2cc(C(C)(C)C)cc1Cc1cc(C(C)(C)C)cc(c1OCCC)Cc1cc(C(C)(C)C)cc(c1OC[C@H](O)CNCc1ccccc1)Cc1cc(C(C)(C)C)cc(c1OCCC)C2. The molecule has 0 saturated carbocycles. The molecule has 0 fully saturated rings. The van der Waals surface area contributed by atoms with Gasteiger partial charge >= 0.3 is 0 Å². The fourth-order valence-corrected chi connectivity index (χ4v) is 9.19. The van der Waals surface area contributed by atoms with Gasteiger partial charge < -0.3 is 29.4 Å². The first kappa shape index (κ1) is 53.6. The molecule has 1 atom stereocenters. The minimum absolute atomic E-state index is 0.108. The van der Waals surface area contributed by atoms with Crippen LogP contribution in [-0.2, 0) is 53.9 Å². The topological polar surface area (TPSA) is 69.2 Å². The van der Waals surface area contributed by atoms with E-state index < -0.39 is 6.10 Å². The molecule has 0 amide bonds. The summed E-state index contributed by atoms with van der Waals surface area (Å²) in [5.41, 5.74) is 14.8. The number of benzene rings is 5. The van der Waals surface area contributed by atoms with Crippen LogP contribution >= 0.6 is 0 Å². The van der Waals surface area contributed by atoms with Gasteiger partial charge in [-0.05, 0) is 113 Å². The molecule has 0 radical (unpaired) electrons. The van der Waals surface area contributed by atoms with Gasteiger partial charge in [0.1, 0.15) is 35.7 Å². The average molecular weight is 938 g/mol. The van der Waals surface area contributed by atoms with Crippen molar-refractivity contribution in [1.82, 2.24) is 5.32 Å². The maximum atomic E-state index is 11.6. The average Bonchev–Trinajstić information content (AvgIpc) is 3.26. The third-order valence-corrected chi connectivity index (χ3v) is 13.3.